The van der Waals surface area contributed by atoms with Crippen molar-refractivity contribution in [1.29, 1.82) is 0 Å². The lowest BCUT2D eigenvalue weighted by Gasteiger charge is -2.46. The number of ketones is 1. The average Bonchev–Trinajstić information content (AvgIpc) is 3.81. The zero-order valence-electron chi connectivity index (χ0n) is 27.8. The van der Waals surface area contributed by atoms with Crippen molar-refractivity contribution in [2.45, 2.75) is 51.2 Å². The van der Waals surface area contributed by atoms with Gasteiger partial charge in [0.1, 0.15) is 11.8 Å². The van der Waals surface area contributed by atoms with Gasteiger partial charge in [-0.15, -0.1) is 0 Å². The van der Waals surface area contributed by atoms with Crippen LogP contribution in [0.2, 0.25) is 0 Å². The van der Waals surface area contributed by atoms with Crippen molar-refractivity contribution in [3.63, 3.8) is 0 Å². The monoisotopic (exact) mass is 669 g/mol. The number of nitrogens with zero attached hydrogens (tertiary/aromatic N) is 6. The van der Waals surface area contributed by atoms with E-state index in [0.717, 1.165) is 27.7 Å². The number of Topliss-reactive ketones (excluding diaryl/α,β-unsaturated/α-hetero) is 1. The molecule has 5 aromatic rings. The average molecular weight is 670 g/mol. The van der Waals surface area contributed by atoms with Crippen LogP contribution in [-0.2, 0) is 41.4 Å². The number of nitrogens with one attached hydrogen (secondary N) is 1. The summed E-state index contributed by atoms with van der Waals surface area (Å²) in [4.78, 5) is 72.3. The van der Waals surface area contributed by atoms with Crippen LogP contribution >= 0.6 is 0 Å². The molecule has 3 aliphatic rings. The molecule has 6 heterocycles. The third-order valence-electron chi connectivity index (χ3n) is 9.53. The molecule has 14 heteroatoms. The lowest BCUT2D eigenvalue weighted by atomic mass is 9.86. The number of H-pyrrole nitrogens is 1. The molecule has 256 valence electrons. The Bertz CT molecular complexity index is 2270. The van der Waals surface area contributed by atoms with Crippen molar-refractivity contribution in [2.24, 2.45) is 14.1 Å². The normalized spacial score (nSPS) is 18.0. The fourth-order valence-corrected chi connectivity index (χ4v) is 7.07. The maximum absolute atomic E-state index is 13.1. The highest BCUT2D eigenvalue weighted by atomic mass is 16.7. The van der Waals surface area contributed by atoms with Gasteiger partial charge in [-0.2, -0.15) is 0 Å². The maximum atomic E-state index is 13.1. The summed E-state index contributed by atoms with van der Waals surface area (Å²) in [5.74, 6) is 1.40. The molecule has 1 saturated heterocycles. The molecule has 2 aromatic carbocycles. The van der Waals surface area contributed by atoms with Crippen molar-refractivity contribution in [1.82, 2.24) is 33.5 Å². The van der Waals surface area contributed by atoms with E-state index in [2.05, 4.69) is 16.0 Å². The minimum Gasteiger partial charge on any atom is -0.454 e. The first-order chi connectivity index (χ1) is 23.5. The van der Waals surface area contributed by atoms with Crippen molar-refractivity contribution in [3.05, 3.63) is 86.5 Å². The number of aromatic nitrogens is 5. The van der Waals surface area contributed by atoms with E-state index in [1.165, 1.54) is 27.3 Å². The number of aryl methyl sites for hydroxylation is 2. The van der Waals surface area contributed by atoms with Gasteiger partial charge in [0, 0.05) is 58.6 Å². The Morgan fingerprint density at radius 2 is 1.80 bits per heavy atom. The van der Waals surface area contributed by atoms with Crippen LogP contribution in [0.5, 0.6) is 11.5 Å². The zero-order valence-corrected chi connectivity index (χ0v) is 27.8. The number of aromatic amines is 1. The van der Waals surface area contributed by atoms with Crippen LogP contribution < -0.4 is 20.7 Å². The molecular formula is C35H39N7O7. The summed E-state index contributed by atoms with van der Waals surface area (Å²) in [6.07, 6.45) is 3.80. The minimum atomic E-state index is -0.511. The first kappa shape index (κ1) is 31.9. The second-order valence-corrected chi connectivity index (χ2v) is 12.8. The van der Waals surface area contributed by atoms with Gasteiger partial charge in [0.05, 0.1) is 18.9 Å². The predicted molar refractivity (Wildman–Crippen MR) is 182 cm³/mol. The van der Waals surface area contributed by atoms with Gasteiger partial charge in [-0.25, -0.2) is 9.78 Å². The van der Waals surface area contributed by atoms with Gasteiger partial charge >= 0.3 is 5.69 Å². The first-order valence-electron chi connectivity index (χ1n) is 16.2. The quantitative estimate of drug-likeness (QED) is 0.271. The number of benzene rings is 2. The molecule has 0 unspecified atom stereocenters. The number of hydrogen-bond acceptors (Lipinski definition) is 8. The molecule has 2 amide bonds. The molecule has 2 atom stereocenters. The Labute approximate surface area is 281 Å². The molecule has 8 rings (SSSR count). The summed E-state index contributed by atoms with van der Waals surface area (Å²) in [5.41, 5.74) is 4.08. The lowest BCUT2D eigenvalue weighted by Crippen LogP contribution is -2.62. The second kappa shape index (κ2) is 12.4. The van der Waals surface area contributed by atoms with E-state index in [-0.39, 0.29) is 49.7 Å². The third-order valence-corrected chi connectivity index (χ3v) is 9.53. The van der Waals surface area contributed by atoms with Crippen molar-refractivity contribution < 1.29 is 25.3 Å². The molecule has 0 radical (unpaired) electrons. The van der Waals surface area contributed by atoms with E-state index >= 15 is 0 Å². The van der Waals surface area contributed by atoms with E-state index < -0.39 is 6.04 Å². The Kier molecular flexibility index (Phi) is 8.09. The fraction of sp³-hybridized carbons (Fsp3) is 0.371. The van der Waals surface area contributed by atoms with Crippen molar-refractivity contribution in [2.75, 3.05) is 20.4 Å². The van der Waals surface area contributed by atoms with Crippen molar-refractivity contribution >= 4 is 39.7 Å². The summed E-state index contributed by atoms with van der Waals surface area (Å²) in [6, 6.07) is 12.9. The van der Waals surface area contributed by atoms with Crippen LogP contribution in [0.3, 0.4) is 0 Å². The Balaban J connectivity index is 0.000000182. The number of rotatable bonds is 6. The van der Waals surface area contributed by atoms with Crippen LogP contribution in [0.4, 0.5) is 0 Å². The Morgan fingerprint density at radius 3 is 2.59 bits per heavy atom. The van der Waals surface area contributed by atoms with E-state index in [9.17, 15) is 24.0 Å². The second-order valence-electron chi connectivity index (χ2n) is 12.8. The van der Waals surface area contributed by atoms with E-state index in [1.807, 2.05) is 36.4 Å². The van der Waals surface area contributed by atoms with E-state index in [0.29, 0.717) is 54.9 Å². The Morgan fingerprint density at radius 1 is 1.02 bits per heavy atom. The third kappa shape index (κ3) is 5.46. The van der Waals surface area contributed by atoms with Gasteiger partial charge in [-0.1, -0.05) is 24.3 Å². The van der Waals surface area contributed by atoms with Crippen LogP contribution in [0.15, 0.2) is 58.4 Å². The fourth-order valence-electron chi connectivity index (χ4n) is 7.07. The van der Waals surface area contributed by atoms with E-state index in [4.69, 9.17) is 9.47 Å². The van der Waals surface area contributed by atoms with Gasteiger partial charge in [-0.3, -0.25) is 23.5 Å². The smallest absolute Gasteiger partial charge is 0.332 e. The van der Waals surface area contributed by atoms with E-state index in [1.54, 1.807) is 30.6 Å². The van der Waals surface area contributed by atoms with Gasteiger partial charge in [0.2, 0.25) is 18.6 Å². The standard InChI is InChI=1S/C22H19N3O4.C13H18N4O3.H2/c1-24-10-19(26)25-16(22(24)27)9-14-13-4-2-3-5-15(13)23-20(14)21(25)12-6-7-17-18(8-12)29-11-28-17;1-9(18)6-4-5-7-17-12(19)10-11(14-8-15(10)2)16(3)13(17)20;/h2-8,16,21,23H,9-11H2,1H3;8H,4-7H2,1-3H3;1H/t16-,21-;;/m1../s1. The molecule has 49 heavy (non-hydrogen) atoms. The molecule has 1 fully saturated rings. The summed E-state index contributed by atoms with van der Waals surface area (Å²) < 4.78 is 15.2. The largest absolute Gasteiger partial charge is 0.454 e. The van der Waals surface area contributed by atoms with Gasteiger partial charge in [-0.05, 0) is 49.1 Å². The molecule has 0 bridgehead atoms. The van der Waals surface area contributed by atoms with Crippen LogP contribution in [0.1, 0.15) is 50.5 Å². The first-order valence-corrected chi connectivity index (χ1v) is 16.2. The number of imidazole rings is 1. The van der Waals surface area contributed by atoms with Crippen molar-refractivity contribution in [3.8, 4) is 11.5 Å². The zero-order chi connectivity index (χ0) is 34.6. The molecule has 14 nitrogen and oxygen atoms in total. The number of ether oxygens (including phenoxy) is 2. The predicted octanol–water partition coefficient (Wildman–Crippen LogP) is 2.65. The highest BCUT2D eigenvalue weighted by Crippen LogP contribution is 2.44. The van der Waals surface area contributed by atoms with Gasteiger partial charge < -0.3 is 33.6 Å². The summed E-state index contributed by atoms with van der Waals surface area (Å²) in [5, 5.41) is 1.10. The number of carbonyl (C=O) groups is 3. The topological polar surface area (TPSA) is 154 Å². The highest BCUT2D eigenvalue weighted by Gasteiger charge is 2.47. The SMILES string of the molecule is CC(=O)CCCCn1c(=O)c2c(ncn2C)n(C)c1=O.CN1CC(=O)N2[C@H](c3ccc4c(c3)OCO4)c3[nH]c4ccccc4c3C[C@@H]2C1=O.[HH]. The summed E-state index contributed by atoms with van der Waals surface area (Å²) in [6.45, 7) is 2.13. The number of amides is 2. The maximum Gasteiger partial charge on any atom is 0.332 e. The van der Waals surface area contributed by atoms with Gasteiger partial charge in [0.25, 0.3) is 5.56 Å². The number of fused-ring (bicyclic) bond motifs is 6. The minimum absolute atomic E-state index is 0. The van der Waals surface area contributed by atoms with Crippen LogP contribution in [0, 0.1) is 0 Å². The Hall–Kier alpha value is -5.66. The highest BCUT2D eigenvalue weighted by molar-refractivity contribution is 5.97. The molecule has 3 aromatic heterocycles. The number of likely N-dealkylation sites (N-methyl/N-ethyl adjacent to an activating group) is 1. The number of unbranched alkanes of at least 4 members (excludes halogenated alkanes) is 1. The number of para-hydroxylation sites is 1. The summed E-state index contributed by atoms with van der Waals surface area (Å²) >= 11 is 0. The van der Waals surface area contributed by atoms with Gasteiger partial charge in [0.15, 0.2) is 22.7 Å². The number of carbonyl (C=O) groups excluding carboxylic acids is 3. The molecule has 1 N–H and O–H groups in total. The van der Waals surface area contributed by atoms with Crippen LogP contribution in [0.25, 0.3) is 22.1 Å². The lowest BCUT2D eigenvalue weighted by molar-refractivity contribution is -0.157. The molecule has 0 spiro atoms. The van der Waals surface area contributed by atoms with Crippen LogP contribution in [-0.4, -0.2) is 77.5 Å². The summed E-state index contributed by atoms with van der Waals surface area (Å²) in [7, 11) is 5.02. The molecular weight excluding hydrogens is 630 g/mol. The number of piperazine rings is 1. The number of hydrogen-bond donors (Lipinski definition) is 1. The molecule has 0 saturated carbocycles. The molecule has 0 aliphatic carbocycles. The molecule has 3 aliphatic heterocycles.